The van der Waals surface area contributed by atoms with Crippen LogP contribution in [0.5, 0.6) is 0 Å². The lowest BCUT2D eigenvalue weighted by atomic mass is 10.1. The summed E-state index contributed by atoms with van der Waals surface area (Å²) in [5, 5.41) is 0. The molecule has 0 fully saturated rings. The van der Waals surface area contributed by atoms with Crippen LogP contribution in [-0.2, 0) is 12.3 Å². The van der Waals surface area contributed by atoms with E-state index in [2.05, 4.69) is 0 Å². The van der Waals surface area contributed by atoms with E-state index in [-0.39, 0.29) is 0 Å². The van der Waals surface area contributed by atoms with Crippen molar-refractivity contribution in [2.45, 2.75) is 0 Å². The minimum Gasteiger partial charge on any atom is -0.230 e. The van der Waals surface area contributed by atoms with Gasteiger partial charge in [0.1, 0.15) is 0 Å². The lowest BCUT2D eigenvalue weighted by molar-refractivity contribution is 0.608. The molecule has 0 aliphatic heterocycles. The number of halogens is 2. The Balaban J connectivity index is 2.36. The van der Waals surface area contributed by atoms with E-state index in [9.17, 15) is 12.3 Å². The molecule has 18 heavy (non-hydrogen) atoms. The fourth-order valence-electron chi connectivity index (χ4n) is 1.49. The third-order valence-electron chi connectivity index (χ3n) is 2.38. The first-order chi connectivity index (χ1) is 8.58. The van der Waals surface area contributed by atoms with Gasteiger partial charge in [0.2, 0.25) is 0 Å². The van der Waals surface area contributed by atoms with Crippen molar-refractivity contribution in [2.75, 3.05) is 0 Å². The summed E-state index contributed by atoms with van der Waals surface area (Å²) >= 11 is -6.81. The third-order valence-corrected chi connectivity index (χ3v) is 5.85. The summed E-state index contributed by atoms with van der Waals surface area (Å²) < 4.78 is 44.0. The number of hydrogen-bond acceptors (Lipinski definition) is 4. The van der Waals surface area contributed by atoms with Gasteiger partial charge in [-0.2, -0.15) is 0 Å². The topological polar surface area (TPSA) is 68.3 Å². The van der Waals surface area contributed by atoms with Gasteiger partial charge in [0.15, 0.2) is 0 Å². The highest BCUT2D eigenvalue weighted by Crippen LogP contribution is 2.25. The summed E-state index contributed by atoms with van der Waals surface area (Å²) in [6, 6.07) is 13.1. The molecule has 94 valence electrons. The first-order valence-corrected chi connectivity index (χ1v) is 10.6. The summed E-state index contributed by atoms with van der Waals surface area (Å²) in [6.07, 6.45) is 0. The molecule has 0 aromatic heterocycles. The zero-order chi connectivity index (χ0) is 13.1. The van der Waals surface area contributed by atoms with Gasteiger partial charge in [-0.25, -0.2) is 12.3 Å². The van der Waals surface area contributed by atoms with E-state index in [1.807, 2.05) is 0 Å². The molecule has 0 amide bonds. The average molecular weight is 470 g/mol. The van der Waals surface area contributed by atoms with Crippen molar-refractivity contribution in [3.63, 3.8) is 0 Å². The second kappa shape index (κ2) is 5.83. The van der Waals surface area contributed by atoms with Crippen molar-refractivity contribution in [3.05, 3.63) is 55.7 Å². The fraction of sp³-hybridized carbons (Fsp3) is 0. The largest absolute Gasteiger partial charge is 0.340 e. The maximum absolute atomic E-state index is 10.8. The van der Waals surface area contributed by atoms with E-state index in [0.717, 1.165) is 11.1 Å². The number of hydrogen-bond donors (Lipinski definition) is 0. The summed E-state index contributed by atoms with van der Waals surface area (Å²) in [5.74, 6) is 0. The van der Waals surface area contributed by atoms with E-state index in [0.29, 0.717) is 7.14 Å². The molecule has 6 heteroatoms. The second-order valence-corrected chi connectivity index (χ2v) is 8.42. The average Bonchev–Trinajstić information content (AvgIpc) is 2.39. The number of benzene rings is 2. The van der Waals surface area contributed by atoms with Crippen molar-refractivity contribution in [1.82, 2.24) is 0 Å². The predicted molar refractivity (Wildman–Crippen MR) is 80.1 cm³/mol. The lowest BCUT2D eigenvalue weighted by Gasteiger charge is -2.01. The maximum Gasteiger partial charge on any atom is 0.340 e. The van der Waals surface area contributed by atoms with E-state index in [1.165, 1.54) is 0 Å². The van der Waals surface area contributed by atoms with Crippen LogP contribution < -0.4 is 0 Å². The van der Waals surface area contributed by atoms with Gasteiger partial charge < -0.3 is 0 Å². The molecular formula is C12H8I2O4. The summed E-state index contributed by atoms with van der Waals surface area (Å²) in [6.45, 7) is 0. The Kier molecular flexibility index (Phi) is 4.38. The zero-order valence-electron chi connectivity index (χ0n) is 9.01. The molecule has 2 aromatic carbocycles. The SMILES string of the molecule is O=I(=O)c1ccc(-c2ccc(I(=O)=O)cc2)cc1. The Hall–Kier alpha value is -0.900. The molecule has 0 aliphatic rings. The Morgan fingerprint density at radius 2 is 0.778 bits per heavy atom. The summed E-state index contributed by atoms with van der Waals surface area (Å²) in [4.78, 5) is 0. The van der Waals surface area contributed by atoms with Crippen LogP contribution in [0.3, 0.4) is 0 Å². The predicted octanol–water partition coefficient (Wildman–Crippen LogP) is 4.09. The highest BCUT2D eigenvalue weighted by atomic mass is 127. The van der Waals surface area contributed by atoms with Gasteiger partial charge in [-0.15, -0.1) is 0 Å². The molecular weight excluding hydrogens is 462 g/mol. The standard InChI is InChI=1S/C12H8I2O4/c15-13(16)11-5-1-9(2-6-11)10-3-7-12(8-4-10)14(17)18/h1-8H. The van der Waals surface area contributed by atoms with Crippen LogP contribution in [0.15, 0.2) is 48.5 Å². The first-order valence-electron chi connectivity index (χ1n) is 4.89. The van der Waals surface area contributed by atoms with Gasteiger partial charge >= 0.3 is 39.6 Å². The van der Waals surface area contributed by atoms with Crippen molar-refractivity contribution >= 4 is 39.6 Å². The van der Waals surface area contributed by atoms with Crippen LogP contribution in [-0.4, -0.2) is 0 Å². The number of rotatable bonds is 3. The van der Waals surface area contributed by atoms with Gasteiger partial charge in [0.25, 0.3) is 0 Å². The molecule has 2 aromatic rings. The molecule has 0 bridgehead atoms. The van der Waals surface area contributed by atoms with Crippen molar-refractivity contribution in [1.29, 1.82) is 0 Å². The molecule has 0 atom stereocenters. The third kappa shape index (κ3) is 3.10. The van der Waals surface area contributed by atoms with Gasteiger partial charge in [-0.1, -0.05) is 24.3 Å². The Bertz CT molecular complexity index is 616. The van der Waals surface area contributed by atoms with Crippen molar-refractivity contribution in [2.24, 2.45) is 0 Å². The van der Waals surface area contributed by atoms with Crippen LogP contribution in [0.1, 0.15) is 0 Å². The van der Waals surface area contributed by atoms with Crippen LogP contribution >= 0.6 is 39.6 Å². The van der Waals surface area contributed by atoms with E-state index < -0.39 is 39.6 Å². The quantitative estimate of drug-likeness (QED) is 0.635. The molecule has 2 rings (SSSR count). The molecule has 0 spiro atoms. The Morgan fingerprint density at radius 1 is 0.500 bits per heavy atom. The molecule has 0 N–H and O–H groups in total. The monoisotopic (exact) mass is 470 g/mol. The Morgan fingerprint density at radius 3 is 1.00 bits per heavy atom. The fourth-order valence-corrected chi connectivity index (χ4v) is 3.38. The molecule has 0 aliphatic carbocycles. The molecule has 0 saturated carbocycles. The molecule has 4 nitrogen and oxygen atoms in total. The smallest absolute Gasteiger partial charge is 0.230 e. The van der Waals surface area contributed by atoms with E-state index in [1.54, 1.807) is 48.5 Å². The summed E-state index contributed by atoms with van der Waals surface area (Å²) in [7, 11) is 0. The van der Waals surface area contributed by atoms with Gasteiger partial charge in [0, 0.05) is 0 Å². The van der Waals surface area contributed by atoms with Gasteiger partial charge in [0.05, 0.1) is 7.14 Å². The van der Waals surface area contributed by atoms with Gasteiger partial charge in [-0.05, 0) is 35.4 Å². The normalized spacial score (nSPS) is 11.0. The highest BCUT2D eigenvalue weighted by Gasteiger charge is 2.02. The Labute approximate surface area is 118 Å². The molecule has 0 unspecified atom stereocenters. The van der Waals surface area contributed by atoms with Crippen LogP contribution in [0.4, 0.5) is 0 Å². The minimum atomic E-state index is -3.40. The van der Waals surface area contributed by atoms with Gasteiger partial charge in [-0.3, -0.25) is 0 Å². The summed E-state index contributed by atoms with van der Waals surface area (Å²) in [5.41, 5.74) is 1.72. The molecule has 0 saturated heterocycles. The molecule has 0 heterocycles. The van der Waals surface area contributed by atoms with Crippen LogP contribution in [0.25, 0.3) is 11.1 Å². The second-order valence-electron chi connectivity index (χ2n) is 3.45. The van der Waals surface area contributed by atoms with Crippen molar-refractivity contribution in [3.8, 4) is 11.1 Å². The zero-order valence-corrected chi connectivity index (χ0v) is 13.3. The lowest BCUT2D eigenvalue weighted by Crippen LogP contribution is -1.80. The van der Waals surface area contributed by atoms with Crippen molar-refractivity contribution < 1.29 is 12.3 Å². The van der Waals surface area contributed by atoms with Crippen LogP contribution in [0, 0.1) is 7.14 Å². The molecule has 0 radical (unpaired) electrons. The minimum absolute atomic E-state index is 0.354. The van der Waals surface area contributed by atoms with E-state index in [4.69, 9.17) is 0 Å². The van der Waals surface area contributed by atoms with E-state index >= 15 is 0 Å². The van der Waals surface area contributed by atoms with Crippen LogP contribution in [0.2, 0.25) is 0 Å². The first kappa shape index (κ1) is 13.5. The highest BCUT2D eigenvalue weighted by molar-refractivity contribution is 14.2. The maximum atomic E-state index is 10.8.